The largest absolute Gasteiger partial charge is 0.508 e. The molecule has 0 aliphatic carbocycles. The van der Waals surface area contributed by atoms with Gasteiger partial charge < -0.3 is 10.2 Å². The van der Waals surface area contributed by atoms with E-state index in [1.54, 1.807) is 24.3 Å². The Morgan fingerprint density at radius 1 is 1.09 bits per heavy atom. The second-order valence-corrected chi connectivity index (χ2v) is 6.80. The van der Waals surface area contributed by atoms with Gasteiger partial charge in [0.2, 0.25) is 0 Å². The monoisotopic (exact) mass is 334 g/mol. The van der Waals surface area contributed by atoms with Crippen LogP contribution in [0.1, 0.15) is 11.1 Å². The van der Waals surface area contributed by atoms with Gasteiger partial charge in [0.1, 0.15) is 18.0 Å². The van der Waals surface area contributed by atoms with Crippen LogP contribution in [0.3, 0.4) is 0 Å². The first kappa shape index (κ1) is 15.2. The average Bonchev–Trinajstić information content (AvgIpc) is 2.72. The van der Waals surface area contributed by atoms with Crippen LogP contribution in [0.15, 0.2) is 42.5 Å². The molecule has 0 radical (unpaired) electrons. The summed E-state index contributed by atoms with van der Waals surface area (Å²) in [5.74, 6) is -0.730. The second kappa shape index (κ2) is 5.47. The Balaban J connectivity index is 1.88. The molecule has 23 heavy (non-hydrogen) atoms. The number of benzene rings is 2. The molecule has 0 spiro atoms. The predicted molar refractivity (Wildman–Crippen MR) is 83.4 cm³/mol. The summed E-state index contributed by atoms with van der Waals surface area (Å²) in [5.41, 5.74) is 1.64. The third-order valence-corrected chi connectivity index (χ3v) is 4.84. The molecule has 1 amide bonds. The summed E-state index contributed by atoms with van der Waals surface area (Å²) >= 11 is 0. The van der Waals surface area contributed by atoms with E-state index >= 15 is 0 Å². The number of carbonyl (C=O) groups is 1. The fourth-order valence-electron chi connectivity index (χ4n) is 2.45. The number of rotatable bonds is 3. The Morgan fingerprint density at radius 3 is 2.43 bits per heavy atom. The van der Waals surface area contributed by atoms with Crippen LogP contribution in [0.4, 0.5) is 5.69 Å². The molecule has 1 aliphatic heterocycles. The molecule has 0 atom stereocenters. The van der Waals surface area contributed by atoms with E-state index in [2.05, 4.69) is 0 Å². The summed E-state index contributed by atoms with van der Waals surface area (Å²) in [6.07, 6.45) is 0.464. The van der Waals surface area contributed by atoms with Crippen molar-refractivity contribution >= 4 is 21.8 Å². The molecular weight excluding hydrogens is 320 g/mol. The zero-order valence-electron chi connectivity index (χ0n) is 11.9. The minimum Gasteiger partial charge on any atom is -0.508 e. The predicted octanol–water partition coefficient (Wildman–Crippen LogP) is 0.870. The van der Waals surface area contributed by atoms with Crippen LogP contribution in [0, 0.1) is 0 Å². The fourth-order valence-corrected chi connectivity index (χ4v) is 3.62. The summed E-state index contributed by atoms with van der Waals surface area (Å²) in [7, 11) is -3.95. The van der Waals surface area contributed by atoms with Crippen LogP contribution in [-0.4, -0.2) is 31.1 Å². The van der Waals surface area contributed by atoms with E-state index in [0.717, 1.165) is 15.4 Å². The van der Waals surface area contributed by atoms with Gasteiger partial charge in [-0.2, -0.15) is 8.42 Å². The highest BCUT2D eigenvalue weighted by Crippen LogP contribution is 2.32. The SMILES string of the molecule is O=C1CN(c2ccc(Cc3cccc(O)c3)cc2O)S(=O)(=O)N1. The van der Waals surface area contributed by atoms with Crippen LogP contribution in [0.25, 0.3) is 0 Å². The Kier molecular flexibility index (Phi) is 3.61. The number of nitrogens with one attached hydrogen (secondary N) is 1. The fraction of sp³-hybridized carbons (Fsp3) is 0.133. The first-order chi connectivity index (χ1) is 10.8. The number of hydrogen-bond acceptors (Lipinski definition) is 5. The molecule has 7 nitrogen and oxygen atoms in total. The van der Waals surface area contributed by atoms with Gasteiger partial charge in [-0.1, -0.05) is 18.2 Å². The normalized spacial score (nSPS) is 16.3. The second-order valence-electron chi connectivity index (χ2n) is 5.21. The zero-order valence-corrected chi connectivity index (χ0v) is 12.7. The number of nitrogens with zero attached hydrogens (tertiary/aromatic N) is 1. The highest BCUT2D eigenvalue weighted by atomic mass is 32.2. The summed E-state index contributed by atoms with van der Waals surface area (Å²) < 4.78 is 26.3. The van der Waals surface area contributed by atoms with Gasteiger partial charge in [-0.05, 0) is 41.8 Å². The Labute approximate surface area is 133 Å². The number of phenols is 2. The van der Waals surface area contributed by atoms with Crippen LogP contribution in [0.2, 0.25) is 0 Å². The van der Waals surface area contributed by atoms with Crippen LogP contribution >= 0.6 is 0 Å². The molecule has 1 aliphatic rings. The van der Waals surface area contributed by atoms with Crippen LogP contribution in [0.5, 0.6) is 11.5 Å². The van der Waals surface area contributed by atoms with Gasteiger partial charge in [-0.3, -0.25) is 4.79 Å². The lowest BCUT2D eigenvalue weighted by Crippen LogP contribution is -2.29. The molecule has 2 aromatic rings. The molecule has 0 aromatic heterocycles. The molecule has 2 aromatic carbocycles. The van der Waals surface area contributed by atoms with Crippen molar-refractivity contribution in [2.45, 2.75) is 6.42 Å². The topological polar surface area (TPSA) is 107 Å². The Hall–Kier alpha value is -2.74. The zero-order chi connectivity index (χ0) is 16.6. The van der Waals surface area contributed by atoms with Gasteiger partial charge in [-0.25, -0.2) is 9.03 Å². The molecule has 1 saturated heterocycles. The van der Waals surface area contributed by atoms with Crippen molar-refractivity contribution in [1.82, 2.24) is 4.72 Å². The Bertz CT molecular complexity index is 879. The molecule has 1 heterocycles. The maximum atomic E-state index is 11.8. The highest BCUT2D eigenvalue weighted by Gasteiger charge is 2.35. The number of anilines is 1. The number of phenolic OH excluding ortho intramolecular Hbond substituents is 2. The van der Waals surface area contributed by atoms with Crippen molar-refractivity contribution in [1.29, 1.82) is 0 Å². The standard InChI is InChI=1S/C15H14N2O5S/c18-12-3-1-2-10(7-12)6-11-4-5-13(14(19)8-11)17-9-15(20)16-23(17,21)22/h1-5,7-8,18-19H,6,9H2,(H,16,20). The van der Waals surface area contributed by atoms with Crippen molar-refractivity contribution in [3.63, 3.8) is 0 Å². The van der Waals surface area contributed by atoms with Crippen LogP contribution in [-0.2, 0) is 21.4 Å². The lowest BCUT2D eigenvalue weighted by molar-refractivity contribution is -0.117. The van der Waals surface area contributed by atoms with Gasteiger partial charge >= 0.3 is 10.2 Å². The summed E-state index contributed by atoms with van der Waals surface area (Å²) in [5, 5.41) is 19.6. The number of carbonyl (C=O) groups excluding carboxylic acids is 1. The molecule has 8 heteroatoms. The lowest BCUT2D eigenvalue weighted by Gasteiger charge is -2.16. The summed E-state index contributed by atoms with van der Waals surface area (Å²) in [6, 6.07) is 11.3. The van der Waals surface area contributed by atoms with Crippen molar-refractivity contribution in [3.8, 4) is 11.5 Å². The third kappa shape index (κ3) is 3.07. The van der Waals surface area contributed by atoms with E-state index in [9.17, 15) is 23.4 Å². The van der Waals surface area contributed by atoms with Gasteiger partial charge in [0.05, 0.1) is 5.69 Å². The van der Waals surface area contributed by atoms with E-state index in [-0.39, 0.29) is 23.7 Å². The smallest absolute Gasteiger partial charge is 0.326 e. The first-order valence-corrected chi connectivity index (χ1v) is 8.22. The molecule has 1 fully saturated rings. The van der Waals surface area contributed by atoms with Gasteiger partial charge in [0.25, 0.3) is 5.91 Å². The molecule has 0 saturated carbocycles. The van der Waals surface area contributed by atoms with Crippen LogP contribution < -0.4 is 9.03 Å². The minimum atomic E-state index is -3.95. The molecular formula is C15H14N2O5S. The average molecular weight is 334 g/mol. The van der Waals surface area contributed by atoms with E-state index in [1.165, 1.54) is 12.1 Å². The summed E-state index contributed by atoms with van der Waals surface area (Å²) in [6.45, 7) is -0.359. The first-order valence-electron chi connectivity index (χ1n) is 6.78. The maximum absolute atomic E-state index is 11.8. The molecule has 3 rings (SSSR count). The van der Waals surface area contributed by atoms with E-state index in [1.807, 2.05) is 10.8 Å². The van der Waals surface area contributed by atoms with Crippen molar-refractivity contribution in [3.05, 3.63) is 53.6 Å². The molecule has 0 bridgehead atoms. The van der Waals surface area contributed by atoms with Gasteiger partial charge in [0.15, 0.2) is 0 Å². The van der Waals surface area contributed by atoms with Gasteiger partial charge in [0, 0.05) is 0 Å². The number of aromatic hydroxyl groups is 2. The van der Waals surface area contributed by atoms with Crippen molar-refractivity contribution in [2.75, 3.05) is 10.8 Å². The number of amides is 1. The van der Waals surface area contributed by atoms with E-state index in [0.29, 0.717) is 6.42 Å². The molecule has 120 valence electrons. The van der Waals surface area contributed by atoms with E-state index < -0.39 is 16.1 Å². The van der Waals surface area contributed by atoms with Crippen molar-refractivity contribution in [2.24, 2.45) is 0 Å². The van der Waals surface area contributed by atoms with Gasteiger partial charge in [-0.15, -0.1) is 0 Å². The number of hydrogen-bond donors (Lipinski definition) is 3. The lowest BCUT2D eigenvalue weighted by atomic mass is 10.0. The summed E-state index contributed by atoms with van der Waals surface area (Å²) in [4.78, 5) is 11.3. The van der Waals surface area contributed by atoms with Crippen molar-refractivity contribution < 1.29 is 23.4 Å². The minimum absolute atomic E-state index is 0.0445. The molecule has 3 N–H and O–H groups in total. The quantitative estimate of drug-likeness (QED) is 0.772. The highest BCUT2D eigenvalue weighted by molar-refractivity contribution is 7.92. The Morgan fingerprint density at radius 2 is 1.83 bits per heavy atom. The van der Waals surface area contributed by atoms with E-state index in [4.69, 9.17) is 0 Å². The third-order valence-electron chi connectivity index (χ3n) is 3.45. The maximum Gasteiger partial charge on any atom is 0.326 e. The molecule has 0 unspecified atom stereocenters.